The molecular formula is C17H24N2O5. The average Bonchev–Trinajstić information content (AvgIpc) is 2.94. The summed E-state index contributed by atoms with van der Waals surface area (Å²) in [4.78, 5) is 26.1. The Labute approximate surface area is 141 Å². The molecule has 0 aliphatic carbocycles. The highest BCUT2D eigenvalue weighted by atomic mass is 16.5. The van der Waals surface area contributed by atoms with E-state index in [0.717, 1.165) is 0 Å². The van der Waals surface area contributed by atoms with E-state index in [2.05, 4.69) is 5.32 Å². The number of carbonyl (C=O) groups excluding carboxylic acids is 2. The van der Waals surface area contributed by atoms with Gasteiger partial charge in [0.1, 0.15) is 0 Å². The lowest BCUT2D eigenvalue weighted by atomic mass is 10.1. The number of carbonyl (C=O) groups is 2. The molecule has 2 rings (SSSR count). The fraction of sp³-hybridized carbons (Fsp3) is 0.529. The van der Waals surface area contributed by atoms with E-state index < -0.39 is 0 Å². The molecule has 1 N–H and O–H groups in total. The Kier molecular flexibility index (Phi) is 5.54. The number of rotatable bonds is 6. The van der Waals surface area contributed by atoms with Crippen molar-refractivity contribution in [1.29, 1.82) is 0 Å². The highest BCUT2D eigenvalue weighted by Crippen LogP contribution is 2.42. The molecule has 1 aromatic rings. The number of hydrogen-bond acceptors (Lipinski definition) is 5. The Morgan fingerprint density at radius 1 is 1.17 bits per heavy atom. The monoisotopic (exact) mass is 336 g/mol. The minimum atomic E-state index is -0.362. The lowest BCUT2D eigenvalue weighted by molar-refractivity contribution is -0.126. The Morgan fingerprint density at radius 3 is 2.21 bits per heavy atom. The van der Waals surface area contributed by atoms with E-state index in [1.54, 1.807) is 17.0 Å². The third-order valence-corrected chi connectivity index (χ3v) is 3.89. The summed E-state index contributed by atoms with van der Waals surface area (Å²) in [5.74, 6) is 0.828. The lowest BCUT2D eigenvalue weighted by Crippen LogP contribution is -2.36. The van der Waals surface area contributed by atoms with Crippen molar-refractivity contribution in [3.63, 3.8) is 0 Å². The topological polar surface area (TPSA) is 77.1 Å². The van der Waals surface area contributed by atoms with E-state index in [1.165, 1.54) is 21.3 Å². The van der Waals surface area contributed by atoms with Crippen LogP contribution in [0, 0.1) is 5.92 Å². The van der Waals surface area contributed by atoms with E-state index in [-0.39, 0.29) is 30.2 Å². The maximum atomic E-state index is 12.4. The molecule has 0 unspecified atom stereocenters. The summed E-state index contributed by atoms with van der Waals surface area (Å²) in [5.41, 5.74) is 0.620. The molecule has 0 spiro atoms. The van der Waals surface area contributed by atoms with E-state index in [0.29, 0.717) is 29.5 Å². The molecule has 1 aliphatic rings. The number of ether oxygens (including phenoxy) is 3. The fourth-order valence-electron chi connectivity index (χ4n) is 2.76. The van der Waals surface area contributed by atoms with Crippen LogP contribution in [0.1, 0.15) is 20.3 Å². The maximum absolute atomic E-state index is 12.4. The van der Waals surface area contributed by atoms with Crippen LogP contribution in [0.2, 0.25) is 0 Å². The number of nitrogens with one attached hydrogen (secondary N) is 1. The molecule has 2 amide bonds. The number of hydrogen-bond donors (Lipinski definition) is 1. The molecule has 0 saturated carbocycles. The van der Waals surface area contributed by atoms with Crippen molar-refractivity contribution in [1.82, 2.24) is 5.32 Å². The van der Waals surface area contributed by atoms with Crippen molar-refractivity contribution in [2.24, 2.45) is 5.92 Å². The number of nitrogens with zero attached hydrogens (tertiary/aromatic N) is 1. The predicted octanol–water partition coefficient (Wildman–Crippen LogP) is 1.59. The van der Waals surface area contributed by atoms with Crippen molar-refractivity contribution in [2.75, 3.05) is 32.8 Å². The van der Waals surface area contributed by atoms with Gasteiger partial charge in [0.05, 0.1) is 32.9 Å². The van der Waals surface area contributed by atoms with Crippen molar-refractivity contribution in [3.8, 4) is 17.2 Å². The molecule has 1 aliphatic heterocycles. The van der Waals surface area contributed by atoms with Crippen molar-refractivity contribution < 1.29 is 23.8 Å². The van der Waals surface area contributed by atoms with Crippen LogP contribution in [0.3, 0.4) is 0 Å². The van der Waals surface area contributed by atoms with Gasteiger partial charge in [-0.25, -0.2) is 0 Å². The quantitative estimate of drug-likeness (QED) is 0.854. The molecule has 24 heavy (non-hydrogen) atoms. The lowest BCUT2D eigenvalue weighted by Gasteiger charge is -2.20. The first-order valence-electron chi connectivity index (χ1n) is 7.82. The first kappa shape index (κ1) is 17.9. The molecule has 1 heterocycles. The molecule has 0 aromatic heterocycles. The van der Waals surface area contributed by atoms with E-state index >= 15 is 0 Å². The summed E-state index contributed by atoms with van der Waals surface area (Å²) < 4.78 is 15.9. The normalized spacial score (nSPS) is 17.2. The second kappa shape index (κ2) is 7.42. The molecule has 1 saturated heterocycles. The molecule has 0 bridgehead atoms. The van der Waals surface area contributed by atoms with Gasteiger partial charge in [-0.3, -0.25) is 9.59 Å². The third-order valence-electron chi connectivity index (χ3n) is 3.89. The summed E-state index contributed by atoms with van der Waals surface area (Å²) in [6, 6.07) is 3.46. The minimum absolute atomic E-state index is 0.0443. The molecule has 132 valence electrons. The van der Waals surface area contributed by atoms with Crippen molar-refractivity contribution in [2.45, 2.75) is 26.3 Å². The maximum Gasteiger partial charge on any atom is 0.227 e. The van der Waals surface area contributed by atoms with Gasteiger partial charge in [-0.1, -0.05) is 0 Å². The van der Waals surface area contributed by atoms with Crippen LogP contribution in [0.4, 0.5) is 5.69 Å². The summed E-state index contributed by atoms with van der Waals surface area (Å²) in [7, 11) is 4.56. The van der Waals surface area contributed by atoms with E-state index in [1.807, 2.05) is 13.8 Å². The fourth-order valence-corrected chi connectivity index (χ4v) is 2.76. The molecule has 7 heteroatoms. The molecule has 1 fully saturated rings. The number of anilines is 1. The first-order chi connectivity index (χ1) is 11.4. The largest absolute Gasteiger partial charge is 0.493 e. The van der Waals surface area contributed by atoms with Crippen LogP contribution in [0.25, 0.3) is 0 Å². The van der Waals surface area contributed by atoms with E-state index in [9.17, 15) is 9.59 Å². The average molecular weight is 336 g/mol. The highest BCUT2D eigenvalue weighted by molar-refractivity contribution is 6.00. The smallest absolute Gasteiger partial charge is 0.227 e. The Morgan fingerprint density at radius 2 is 1.75 bits per heavy atom. The van der Waals surface area contributed by atoms with Crippen molar-refractivity contribution >= 4 is 17.5 Å². The second-order valence-corrected chi connectivity index (χ2v) is 5.95. The van der Waals surface area contributed by atoms with Gasteiger partial charge in [0.25, 0.3) is 0 Å². The summed E-state index contributed by atoms with van der Waals surface area (Å²) >= 11 is 0. The Balaban J connectivity index is 2.28. The van der Waals surface area contributed by atoms with Crippen molar-refractivity contribution in [3.05, 3.63) is 12.1 Å². The second-order valence-electron chi connectivity index (χ2n) is 5.95. The van der Waals surface area contributed by atoms with E-state index in [4.69, 9.17) is 14.2 Å². The first-order valence-corrected chi connectivity index (χ1v) is 7.82. The van der Waals surface area contributed by atoms with Crippen LogP contribution in [0.15, 0.2) is 12.1 Å². The summed E-state index contributed by atoms with van der Waals surface area (Å²) in [6.45, 7) is 4.12. The molecule has 1 aromatic carbocycles. The van der Waals surface area contributed by atoms with Gasteiger partial charge in [0.2, 0.25) is 17.6 Å². The van der Waals surface area contributed by atoms with Gasteiger partial charge < -0.3 is 24.4 Å². The molecule has 7 nitrogen and oxygen atoms in total. The molecule has 0 radical (unpaired) electrons. The molecular weight excluding hydrogens is 312 g/mol. The number of methoxy groups -OCH3 is 3. The Hall–Kier alpha value is -2.44. The van der Waals surface area contributed by atoms with Gasteiger partial charge in [-0.2, -0.15) is 0 Å². The van der Waals surface area contributed by atoms with Crippen LogP contribution in [-0.2, 0) is 9.59 Å². The van der Waals surface area contributed by atoms with Gasteiger partial charge in [0, 0.05) is 31.1 Å². The van der Waals surface area contributed by atoms with Crippen LogP contribution >= 0.6 is 0 Å². The summed E-state index contributed by atoms with van der Waals surface area (Å²) in [5, 5.41) is 2.85. The number of benzene rings is 1. The Bertz CT molecular complexity index is 604. The zero-order chi connectivity index (χ0) is 17.9. The predicted molar refractivity (Wildman–Crippen MR) is 89.8 cm³/mol. The third kappa shape index (κ3) is 3.55. The minimum Gasteiger partial charge on any atom is -0.493 e. The standard InChI is InChI=1S/C17H24N2O5/c1-10(2)18-17(21)11-6-15(20)19(9-11)12-7-13(22-3)16(24-5)14(8-12)23-4/h7-8,10-11H,6,9H2,1-5H3,(H,18,21)/t11-/m1/s1. The van der Waals surface area contributed by atoms with Crippen LogP contribution in [0.5, 0.6) is 17.2 Å². The van der Waals surface area contributed by atoms with Gasteiger partial charge in [0.15, 0.2) is 11.5 Å². The zero-order valence-corrected chi connectivity index (χ0v) is 14.7. The van der Waals surface area contributed by atoms with Crippen LogP contribution < -0.4 is 24.4 Å². The zero-order valence-electron chi connectivity index (χ0n) is 14.7. The highest BCUT2D eigenvalue weighted by Gasteiger charge is 2.36. The van der Waals surface area contributed by atoms with Crippen LogP contribution in [-0.4, -0.2) is 45.7 Å². The van der Waals surface area contributed by atoms with Gasteiger partial charge in [-0.05, 0) is 13.8 Å². The number of amides is 2. The van der Waals surface area contributed by atoms with Gasteiger partial charge in [-0.15, -0.1) is 0 Å². The SMILES string of the molecule is COc1cc(N2C[C@H](C(=O)NC(C)C)CC2=O)cc(OC)c1OC. The summed E-state index contributed by atoms with van der Waals surface area (Å²) in [6.07, 6.45) is 0.190. The van der Waals surface area contributed by atoms with Gasteiger partial charge >= 0.3 is 0 Å². The molecule has 1 atom stereocenters.